The second kappa shape index (κ2) is 5.20. The van der Waals surface area contributed by atoms with Crippen LogP contribution < -0.4 is 5.73 Å². The second-order valence-corrected chi connectivity index (χ2v) is 8.57. The van der Waals surface area contributed by atoms with Crippen LogP contribution >= 0.6 is 11.6 Å². The molecule has 4 nitrogen and oxygen atoms in total. The first-order valence-electron chi connectivity index (χ1n) is 6.69. The first-order valence-corrected chi connectivity index (χ1v) is 8.51. The van der Waals surface area contributed by atoms with Gasteiger partial charge in [-0.15, -0.1) is 0 Å². The van der Waals surface area contributed by atoms with Crippen molar-refractivity contribution < 1.29 is 8.42 Å². The lowest BCUT2D eigenvalue weighted by Gasteiger charge is -2.37. The van der Waals surface area contributed by atoms with Gasteiger partial charge in [0.25, 0.3) is 0 Å². The van der Waals surface area contributed by atoms with Crippen LogP contribution in [-0.2, 0) is 10.0 Å². The maximum Gasteiger partial charge on any atom is 0.243 e. The lowest BCUT2D eigenvalue weighted by molar-refractivity contribution is 0.187. The summed E-state index contributed by atoms with van der Waals surface area (Å²) >= 11 is 5.96. The Kier molecular flexibility index (Phi) is 4.06. The van der Waals surface area contributed by atoms with Gasteiger partial charge in [0.05, 0.1) is 4.90 Å². The van der Waals surface area contributed by atoms with Crippen LogP contribution in [0.25, 0.3) is 0 Å². The normalized spacial score (nSPS) is 20.0. The molecule has 2 rings (SSSR count). The van der Waals surface area contributed by atoms with Gasteiger partial charge in [-0.05, 0) is 42.9 Å². The molecule has 112 valence electrons. The van der Waals surface area contributed by atoms with Gasteiger partial charge in [0.1, 0.15) is 0 Å². The van der Waals surface area contributed by atoms with E-state index in [4.69, 9.17) is 17.3 Å². The Hall–Kier alpha value is -0.780. The fraction of sp³-hybridized carbons (Fsp3) is 0.571. The van der Waals surface area contributed by atoms with E-state index in [1.165, 1.54) is 6.07 Å². The van der Waals surface area contributed by atoms with Gasteiger partial charge in [-0.2, -0.15) is 4.31 Å². The maximum absolute atomic E-state index is 12.8. The Bertz CT molecular complexity index is 626. The average Bonchev–Trinajstić information content (AvgIpc) is 2.32. The molecule has 0 bridgehead atoms. The molecule has 1 fully saturated rings. The van der Waals surface area contributed by atoms with E-state index in [1.807, 2.05) is 0 Å². The summed E-state index contributed by atoms with van der Waals surface area (Å²) in [6.45, 7) is 6.98. The molecule has 1 aromatic carbocycles. The first kappa shape index (κ1) is 15.6. The zero-order chi connectivity index (χ0) is 15.1. The highest BCUT2D eigenvalue weighted by molar-refractivity contribution is 7.89. The lowest BCUT2D eigenvalue weighted by atomic mass is 9.85. The third-order valence-corrected chi connectivity index (χ3v) is 6.04. The van der Waals surface area contributed by atoms with Crippen molar-refractivity contribution >= 4 is 27.3 Å². The van der Waals surface area contributed by atoms with Crippen molar-refractivity contribution in [1.82, 2.24) is 4.31 Å². The van der Waals surface area contributed by atoms with Gasteiger partial charge in [0, 0.05) is 23.8 Å². The summed E-state index contributed by atoms with van der Waals surface area (Å²) in [6.07, 6.45) is 1.91. The Balaban J connectivity index is 2.46. The number of halogens is 1. The van der Waals surface area contributed by atoms with Crippen molar-refractivity contribution in [3.63, 3.8) is 0 Å². The Morgan fingerprint density at radius 2 is 2.00 bits per heavy atom. The number of nitrogens with two attached hydrogens (primary N) is 1. The summed E-state index contributed by atoms with van der Waals surface area (Å²) in [7, 11) is -3.54. The van der Waals surface area contributed by atoms with E-state index in [1.54, 1.807) is 17.3 Å². The van der Waals surface area contributed by atoms with E-state index in [0.717, 1.165) is 12.8 Å². The van der Waals surface area contributed by atoms with Crippen molar-refractivity contribution in [3.05, 3.63) is 22.7 Å². The highest BCUT2D eigenvalue weighted by Crippen LogP contribution is 2.34. The topological polar surface area (TPSA) is 63.4 Å². The predicted octanol–water partition coefficient (Wildman–Crippen LogP) is 3.04. The molecule has 1 aromatic rings. The van der Waals surface area contributed by atoms with Gasteiger partial charge in [-0.3, -0.25) is 0 Å². The van der Waals surface area contributed by atoms with Gasteiger partial charge in [0.15, 0.2) is 0 Å². The van der Waals surface area contributed by atoms with Crippen molar-refractivity contribution in [1.29, 1.82) is 0 Å². The summed E-state index contributed by atoms with van der Waals surface area (Å²) in [6, 6.07) is 3.07. The molecular formula is C14H21ClN2O2S. The van der Waals surface area contributed by atoms with Gasteiger partial charge in [-0.1, -0.05) is 25.4 Å². The number of anilines is 1. The Morgan fingerprint density at radius 1 is 1.35 bits per heavy atom. The van der Waals surface area contributed by atoms with E-state index >= 15 is 0 Å². The zero-order valence-electron chi connectivity index (χ0n) is 12.1. The van der Waals surface area contributed by atoms with Gasteiger partial charge in [-0.25, -0.2) is 8.42 Å². The number of piperidine rings is 1. The standard InChI is InChI=1S/C14H21ClN2O2S/c1-10-12(16)7-11(15)8-13(10)20(18,19)17-6-4-5-14(2,3)9-17/h7-8H,4-6,9,16H2,1-3H3. The second-order valence-electron chi connectivity index (χ2n) is 6.22. The third kappa shape index (κ3) is 2.95. The van der Waals surface area contributed by atoms with Crippen LogP contribution in [0.15, 0.2) is 17.0 Å². The summed E-state index contributed by atoms with van der Waals surface area (Å²) in [4.78, 5) is 0.222. The molecule has 0 aliphatic carbocycles. The zero-order valence-corrected chi connectivity index (χ0v) is 13.7. The number of hydrogen-bond acceptors (Lipinski definition) is 3. The largest absolute Gasteiger partial charge is 0.398 e. The van der Waals surface area contributed by atoms with E-state index in [2.05, 4.69) is 13.8 Å². The summed E-state index contributed by atoms with van der Waals surface area (Å²) in [5, 5.41) is 0.350. The molecule has 0 spiro atoms. The van der Waals surface area contributed by atoms with Crippen LogP contribution in [0.4, 0.5) is 5.69 Å². The quantitative estimate of drug-likeness (QED) is 0.853. The van der Waals surface area contributed by atoms with E-state index < -0.39 is 10.0 Å². The number of hydrogen-bond donors (Lipinski definition) is 1. The number of nitrogen functional groups attached to an aromatic ring is 1. The molecular weight excluding hydrogens is 296 g/mol. The smallest absolute Gasteiger partial charge is 0.243 e. The van der Waals surface area contributed by atoms with Crippen LogP contribution in [0.5, 0.6) is 0 Å². The lowest BCUT2D eigenvalue weighted by Crippen LogP contribution is -2.43. The average molecular weight is 317 g/mol. The molecule has 1 aliphatic heterocycles. The van der Waals surface area contributed by atoms with E-state index in [9.17, 15) is 8.42 Å². The molecule has 0 radical (unpaired) electrons. The molecule has 0 amide bonds. The molecule has 0 aromatic heterocycles. The number of nitrogens with zero attached hydrogens (tertiary/aromatic N) is 1. The van der Waals surface area contributed by atoms with Gasteiger partial charge < -0.3 is 5.73 Å². The number of sulfonamides is 1. The van der Waals surface area contributed by atoms with E-state index in [0.29, 0.717) is 29.4 Å². The molecule has 1 saturated heterocycles. The highest BCUT2D eigenvalue weighted by atomic mass is 35.5. The van der Waals surface area contributed by atoms with Crippen LogP contribution in [0.3, 0.4) is 0 Å². The number of rotatable bonds is 2. The minimum Gasteiger partial charge on any atom is -0.398 e. The fourth-order valence-corrected chi connectivity index (χ4v) is 4.89. The molecule has 0 atom stereocenters. The Morgan fingerprint density at radius 3 is 2.60 bits per heavy atom. The molecule has 1 aliphatic rings. The maximum atomic E-state index is 12.8. The Labute approximate surface area is 126 Å². The third-order valence-electron chi connectivity index (χ3n) is 3.85. The summed E-state index contributed by atoms with van der Waals surface area (Å²) in [5.41, 5.74) is 6.81. The van der Waals surface area contributed by atoms with Crippen molar-refractivity contribution in [2.45, 2.75) is 38.5 Å². The molecule has 0 unspecified atom stereocenters. The summed E-state index contributed by atoms with van der Waals surface area (Å²) in [5.74, 6) is 0. The van der Waals surface area contributed by atoms with Crippen molar-refractivity contribution in [3.8, 4) is 0 Å². The SMILES string of the molecule is Cc1c(N)cc(Cl)cc1S(=O)(=O)N1CCCC(C)(C)C1. The van der Waals surface area contributed by atoms with Crippen LogP contribution in [-0.4, -0.2) is 25.8 Å². The van der Waals surface area contributed by atoms with Crippen LogP contribution in [0.2, 0.25) is 5.02 Å². The first-order chi connectivity index (χ1) is 9.13. The van der Waals surface area contributed by atoms with Gasteiger partial charge >= 0.3 is 0 Å². The fourth-order valence-electron chi connectivity index (χ4n) is 2.66. The van der Waals surface area contributed by atoms with Crippen LogP contribution in [0, 0.1) is 12.3 Å². The molecule has 20 heavy (non-hydrogen) atoms. The minimum absolute atomic E-state index is 0.00332. The predicted molar refractivity (Wildman–Crippen MR) is 82.4 cm³/mol. The van der Waals surface area contributed by atoms with Gasteiger partial charge in [0.2, 0.25) is 10.0 Å². The molecule has 6 heteroatoms. The van der Waals surface area contributed by atoms with E-state index in [-0.39, 0.29) is 10.3 Å². The van der Waals surface area contributed by atoms with Crippen molar-refractivity contribution in [2.75, 3.05) is 18.8 Å². The molecule has 2 N–H and O–H groups in total. The minimum atomic E-state index is -3.54. The highest BCUT2D eigenvalue weighted by Gasteiger charge is 2.35. The number of benzene rings is 1. The monoisotopic (exact) mass is 316 g/mol. The van der Waals surface area contributed by atoms with Crippen molar-refractivity contribution in [2.24, 2.45) is 5.41 Å². The summed E-state index contributed by atoms with van der Waals surface area (Å²) < 4.78 is 27.2. The van der Waals surface area contributed by atoms with Crippen LogP contribution in [0.1, 0.15) is 32.3 Å². The molecule has 0 saturated carbocycles. The molecule has 1 heterocycles.